The first-order valence-corrected chi connectivity index (χ1v) is 9.40. The van der Waals surface area contributed by atoms with Gasteiger partial charge in [-0.2, -0.15) is 5.10 Å². The Morgan fingerprint density at radius 3 is 2.48 bits per heavy atom. The number of benzene rings is 1. The quantitative estimate of drug-likeness (QED) is 0.491. The summed E-state index contributed by atoms with van der Waals surface area (Å²) in [5.41, 5.74) is 2.49. The van der Waals surface area contributed by atoms with Crippen molar-refractivity contribution >= 4 is 11.8 Å². The lowest BCUT2D eigenvalue weighted by atomic mass is 10.0. The van der Waals surface area contributed by atoms with Crippen molar-refractivity contribution in [3.63, 3.8) is 0 Å². The Hall–Kier alpha value is -1.57. The van der Waals surface area contributed by atoms with Crippen molar-refractivity contribution in [1.82, 2.24) is 5.01 Å². The maximum absolute atomic E-state index is 4.90. The van der Waals surface area contributed by atoms with E-state index < -0.39 is 0 Å². The van der Waals surface area contributed by atoms with Crippen LogP contribution in [0, 0.1) is 0 Å². The van der Waals surface area contributed by atoms with Crippen LogP contribution in [0.25, 0.3) is 6.08 Å². The van der Waals surface area contributed by atoms with Crippen LogP contribution in [0.3, 0.4) is 0 Å². The molecule has 23 heavy (non-hydrogen) atoms. The maximum Gasteiger partial charge on any atom is 0.0626 e. The van der Waals surface area contributed by atoms with Crippen molar-refractivity contribution in [3.8, 4) is 0 Å². The molecule has 1 aliphatic rings. The number of hydrazone groups is 1. The van der Waals surface area contributed by atoms with E-state index in [1.807, 2.05) is 0 Å². The number of allylic oxidation sites excluding steroid dienone is 1. The summed E-state index contributed by atoms with van der Waals surface area (Å²) >= 11 is 0. The maximum atomic E-state index is 4.90. The van der Waals surface area contributed by atoms with Gasteiger partial charge in [-0.05, 0) is 24.5 Å². The average molecular weight is 313 g/mol. The summed E-state index contributed by atoms with van der Waals surface area (Å²) in [7, 11) is 0. The highest BCUT2D eigenvalue weighted by atomic mass is 15.5. The Labute approximate surface area is 142 Å². The summed E-state index contributed by atoms with van der Waals surface area (Å²) in [6.07, 6.45) is 14.6. The smallest absolute Gasteiger partial charge is 0.0626 e. The lowest BCUT2D eigenvalue weighted by Gasteiger charge is -2.23. The number of rotatable bonds is 10. The Morgan fingerprint density at radius 1 is 1.00 bits per heavy atom. The second-order valence-corrected chi connectivity index (χ2v) is 6.56. The number of hydrogen-bond acceptors (Lipinski definition) is 2. The van der Waals surface area contributed by atoms with Crippen LogP contribution < -0.4 is 0 Å². The van der Waals surface area contributed by atoms with Gasteiger partial charge in [0, 0.05) is 13.0 Å². The second-order valence-electron chi connectivity index (χ2n) is 6.56. The van der Waals surface area contributed by atoms with Crippen LogP contribution in [0.4, 0.5) is 0 Å². The van der Waals surface area contributed by atoms with Crippen molar-refractivity contribution in [2.75, 3.05) is 6.54 Å². The van der Waals surface area contributed by atoms with Crippen LogP contribution in [0.15, 0.2) is 41.5 Å². The summed E-state index contributed by atoms with van der Waals surface area (Å²) < 4.78 is 0. The third-order valence-electron chi connectivity index (χ3n) is 4.52. The third-order valence-corrected chi connectivity index (χ3v) is 4.52. The highest BCUT2D eigenvalue weighted by Gasteiger charge is 2.24. The molecule has 0 N–H and O–H groups in total. The third kappa shape index (κ3) is 6.21. The molecule has 0 radical (unpaired) electrons. The highest BCUT2D eigenvalue weighted by molar-refractivity contribution is 5.99. The molecule has 0 bridgehead atoms. The van der Waals surface area contributed by atoms with Crippen LogP contribution in [0.5, 0.6) is 0 Å². The molecule has 1 aromatic carbocycles. The van der Waals surface area contributed by atoms with Crippen molar-refractivity contribution < 1.29 is 0 Å². The van der Waals surface area contributed by atoms with E-state index in [1.165, 1.54) is 56.2 Å². The van der Waals surface area contributed by atoms with E-state index in [1.54, 1.807) is 0 Å². The van der Waals surface area contributed by atoms with E-state index in [4.69, 9.17) is 5.10 Å². The molecule has 0 saturated carbocycles. The zero-order valence-electron chi connectivity index (χ0n) is 14.9. The fraction of sp³-hybridized carbons (Fsp3) is 0.571. The van der Waals surface area contributed by atoms with Crippen LogP contribution in [0.2, 0.25) is 0 Å². The predicted molar refractivity (Wildman–Crippen MR) is 102 cm³/mol. The first-order chi connectivity index (χ1) is 11.3. The summed E-state index contributed by atoms with van der Waals surface area (Å²) in [5.74, 6) is 0. The molecule has 126 valence electrons. The lowest BCUT2D eigenvalue weighted by Crippen LogP contribution is -2.27. The summed E-state index contributed by atoms with van der Waals surface area (Å²) in [5, 5.41) is 7.27. The molecule has 0 fully saturated rings. The second kappa shape index (κ2) is 10.3. The highest BCUT2D eigenvalue weighted by Crippen LogP contribution is 2.22. The summed E-state index contributed by atoms with van der Waals surface area (Å²) in [4.78, 5) is 0. The number of nitrogens with zero attached hydrogens (tertiary/aromatic N) is 2. The molecule has 1 heterocycles. The van der Waals surface area contributed by atoms with Gasteiger partial charge in [0.05, 0.1) is 11.8 Å². The van der Waals surface area contributed by atoms with Gasteiger partial charge in [0.25, 0.3) is 0 Å². The van der Waals surface area contributed by atoms with Gasteiger partial charge in [0.15, 0.2) is 0 Å². The molecular weight excluding hydrogens is 280 g/mol. The van der Waals surface area contributed by atoms with Gasteiger partial charge in [-0.3, -0.25) is 5.01 Å². The topological polar surface area (TPSA) is 15.6 Å². The minimum absolute atomic E-state index is 0.619. The molecule has 2 rings (SSSR count). The molecule has 1 unspecified atom stereocenters. The Balaban J connectivity index is 1.93. The van der Waals surface area contributed by atoms with E-state index >= 15 is 0 Å². The van der Waals surface area contributed by atoms with Gasteiger partial charge < -0.3 is 0 Å². The van der Waals surface area contributed by atoms with Gasteiger partial charge in [0.1, 0.15) is 0 Å². The van der Waals surface area contributed by atoms with E-state index in [2.05, 4.69) is 61.3 Å². The van der Waals surface area contributed by atoms with Gasteiger partial charge in [-0.15, -0.1) is 0 Å². The van der Waals surface area contributed by atoms with Gasteiger partial charge in [-0.25, -0.2) is 0 Å². The molecule has 2 heteroatoms. The van der Waals surface area contributed by atoms with Crippen LogP contribution in [0.1, 0.15) is 70.8 Å². The normalized spacial score (nSPS) is 17.9. The molecule has 0 aromatic heterocycles. The van der Waals surface area contributed by atoms with E-state index in [-0.39, 0.29) is 0 Å². The van der Waals surface area contributed by atoms with Gasteiger partial charge in [-0.1, -0.05) is 82.4 Å². The van der Waals surface area contributed by atoms with E-state index in [9.17, 15) is 0 Å². The molecule has 0 spiro atoms. The van der Waals surface area contributed by atoms with Crippen molar-refractivity contribution in [1.29, 1.82) is 0 Å². The van der Waals surface area contributed by atoms with E-state index in [0.717, 1.165) is 13.0 Å². The minimum Gasteiger partial charge on any atom is -0.293 e. The lowest BCUT2D eigenvalue weighted by molar-refractivity contribution is 0.212. The molecule has 2 nitrogen and oxygen atoms in total. The predicted octanol–water partition coefficient (Wildman–Crippen LogP) is 5.90. The molecule has 0 amide bonds. The molecule has 1 aromatic rings. The Bertz CT molecular complexity index is 490. The van der Waals surface area contributed by atoms with Crippen LogP contribution in [-0.4, -0.2) is 23.3 Å². The van der Waals surface area contributed by atoms with Crippen LogP contribution >= 0.6 is 0 Å². The van der Waals surface area contributed by atoms with Gasteiger partial charge in [0.2, 0.25) is 0 Å². The first kappa shape index (κ1) is 17.8. The van der Waals surface area contributed by atoms with Crippen molar-refractivity contribution in [2.45, 2.75) is 71.3 Å². The zero-order chi connectivity index (χ0) is 16.3. The fourth-order valence-corrected chi connectivity index (χ4v) is 3.13. The standard InChI is InChI=1S/C21H32N2/c1-3-5-8-14-21-18-20(22-23(21)17-11-6-4-2)16-15-19-12-9-7-10-13-19/h7,9-10,12-13,15-16,21H,3-6,8,11,14,17-18H2,1-2H3. The zero-order valence-corrected chi connectivity index (χ0v) is 14.9. The molecule has 0 aliphatic carbocycles. The largest absolute Gasteiger partial charge is 0.293 e. The molecule has 1 atom stereocenters. The van der Waals surface area contributed by atoms with Crippen molar-refractivity contribution in [3.05, 3.63) is 42.0 Å². The van der Waals surface area contributed by atoms with E-state index in [0.29, 0.717) is 6.04 Å². The molecular formula is C21H32N2. The number of hydrogen-bond donors (Lipinski definition) is 0. The summed E-state index contributed by atoms with van der Waals surface area (Å²) in [6.45, 7) is 5.66. The molecule has 1 aliphatic heterocycles. The Kier molecular flexibility index (Phi) is 7.92. The molecule has 0 saturated heterocycles. The van der Waals surface area contributed by atoms with Crippen LogP contribution in [-0.2, 0) is 0 Å². The first-order valence-electron chi connectivity index (χ1n) is 9.40. The fourth-order valence-electron chi connectivity index (χ4n) is 3.13. The monoisotopic (exact) mass is 312 g/mol. The SMILES string of the molecule is CCCCCC1CC(C=Cc2ccccc2)=NN1CCCCC. The minimum atomic E-state index is 0.619. The van der Waals surface area contributed by atoms with Gasteiger partial charge >= 0.3 is 0 Å². The Morgan fingerprint density at radius 2 is 1.74 bits per heavy atom. The van der Waals surface area contributed by atoms with Crippen molar-refractivity contribution in [2.24, 2.45) is 5.10 Å². The summed E-state index contributed by atoms with van der Waals surface area (Å²) in [6, 6.07) is 11.1. The number of unbranched alkanes of at least 4 members (excludes halogenated alkanes) is 4. The average Bonchev–Trinajstić information content (AvgIpc) is 2.97.